The van der Waals surface area contributed by atoms with Crippen LogP contribution in [0.25, 0.3) is 0 Å². The lowest BCUT2D eigenvalue weighted by atomic mass is 9.95. The van der Waals surface area contributed by atoms with Gasteiger partial charge in [0.25, 0.3) is 15.9 Å². The number of halogens is 1. The van der Waals surface area contributed by atoms with Crippen molar-refractivity contribution < 1.29 is 13.2 Å². The van der Waals surface area contributed by atoms with Crippen molar-refractivity contribution in [3.63, 3.8) is 0 Å². The first-order chi connectivity index (χ1) is 12.4. The van der Waals surface area contributed by atoms with Crippen LogP contribution in [0.15, 0.2) is 53.4 Å². The van der Waals surface area contributed by atoms with Gasteiger partial charge in [0.1, 0.15) is 0 Å². The highest BCUT2D eigenvalue weighted by Gasteiger charge is 2.19. The summed E-state index contributed by atoms with van der Waals surface area (Å²) in [5.74, 6) is -0.236. The summed E-state index contributed by atoms with van der Waals surface area (Å²) in [6.07, 6.45) is 5.38. The summed E-state index contributed by atoms with van der Waals surface area (Å²) in [7, 11) is -3.79. The minimum Gasteiger partial charge on any atom is -0.349 e. The van der Waals surface area contributed by atoms with E-state index in [2.05, 4.69) is 10.0 Å². The van der Waals surface area contributed by atoms with Gasteiger partial charge in [-0.1, -0.05) is 36.9 Å². The molecule has 0 unspecified atom stereocenters. The average molecular weight is 393 g/mol. The molecule has 0 spiro atoms. The second-order valence-electron chi connectivity index (χ2n) is 6.45. The van der Waals surface area contributed by atoms with Crippen LogP contribution >= 0.6 is 11.6 Å². The van der Waals surface area contributed by atoms with E-state index in [9.17, 15) is 13.2 Å². The highest BCUT2D eigenvalue weighted by molar-refractivity contribution is 7.92. The van der Waals surface area contributed by atoms with E-state index in [0.29, 0.717) is 16.3 Å². The van der Waals surface area contributed by atoms with E-state index < -0.39 is 10.0 Å². The molecule has 1 amide bonds. The molecular weight excluding hydrogens is 372 g/mol. The summed E-state index contributed by atoms with van der Waals surface area (Å²) in [4.78, 5) is 12.5. The molecule has 5 nitrogen and oxygen atoms in total. The zero-order valence-corrected chi connectivity index (χ0v) is 15.8. The van der Waals surface area contributed by atoms with Gasteiger partial charge < -0.3 is 5.32 Å². The third-order valence-electron chi connectivity index (χ3n) is 4.44. The normalized spacial score (nSPS) is 15.4. The molecule has 0 atom stereocenters. The van der Waals surface area contributed by atoms with Crippen LogP contribution in [0, 0.1) is 0 Å². The maximum absolute atomic E-state index is 12.6. The Morgan fingerprint density at radius 1 is 1.00 bits per heavy atom. The number of hydrogen-bond donors (Lipinski definition) is 2. The first kappa shape index (κ1) is 18.7. The SMILES string of the molecule is O=C(NC1CCCCC1)c1cccc(S(=O)(=O)Nc2ccc(Cl)cc2)c1. The minimum absolute atomic E-state index is 0.0451. The van der Waals surface area contributed by atoms with Gasteiger partial charge in [-0.2, -0.15) is 0 Å². The fourth-order valence-corrected chi connectivity index (χ4v) is 4.28. The Morgan fingerprint density at radius 2 is 1.69 bits per heavy atom. The predicted molar refractivity (Wildman–Crippen MR) is 103 cm³/mol. The summed E-state index contributed by atoms with van der Waals surface area (Å²) in [6, 6.07) is 12.6. The second kappa shape index (κ2) is 8.10. The summed E-state index contributed by atoms with van der Waals surface area (Å²) in [5.41, 5.74) is 0.751. The van der Waals surface area contributed by atoms with E-state index in [4.69, 9.17) is 11.6 Å². The molecule has 7 heteroatoms. The fraction of sp³-hybridized carbons (Fsp3) is 0.316. The van der Waals surface area contributed by atoms with Crippen molar-refractivity contribution in [2.75, 3.05) is 4.72 Å². The van der Waals surface area contributed by atoms with Crippen molar-refractivity contribution in [1.29, 1.82) is 0 Å². The Kier molecular flexibility index (Phi) is 5.84. The van der Waals surface area contributed by atoms with Crippen molar-refractivity contribution in [1.82, 2.24) is 5.32 Å². The van der Waals surface area contributed by atoms with E-state index in [-0.39, 0.29) is 16.8 Å². The van der Waals surface area contributed by atoms with Crippen LogP contribution < -0.4 is 10.0 Å². The van der Waals surface area contributed by atoms with E-state index >= 15 is 0 Å². The van der Waals surface area contributed by atoms with Crippen LogP contribution in [-0.4, -0.2) is 20.4 Å². The van der Waals surface area contributed by atoms with Gasteiger partial charge in [-0.05, 0) is 55.3 Å². The van der Waals surface area contributed by atoms with Crippen LogP contribution in [0.4, 0.5) is 5.69 Å². The molecule has 1 aliphatic carbocycles. The third-order valence-corrected chi connectivity index (χ3v) is 6.07. The van der Waals surface area contributed by atoms with Gasteiger partial charge in [0.15, 0.2) is 0 Å². The highest BCUT2D eigenvalue weighted by atomic mass is 35.5. The monoisotopic (exact) mass is 392 g/mol. The Balaban J connectivity index is 1.74. The van der Waals surface area contributed by atoms with Gasteiger partial charge >= 0.3 is 0 Å². The van der Waals surface area contributed by atoms with Crippen molar-refractivity contribution >= 4 is 33.2 Å². The molecule has 0 aromatic heterocycles. The largest absolute Gasteiger partial charge is 0.349 e. The van der Waals surface area contributed by atoms with Crippen LogP contribution in [0.3, 0.4) is 0 Å². The molecule has 1 saturated carbocycles. The molecule has 0 aliphatic heterocycles. The van der Waals surface area contributed by atoms with E-state index in [1.54, 1.807) is 36.4 Å². The molecule has 1 fully saturated rings. The summed E-state index contributed by atoms with van der Waals surface area (Å²) in [6.45, 7) is 0. The van der Waals surface area contributed by atoms with E-state index in [1.165, 1.54) is 18.6 Å². The predicted octanol–water partition coefficient (Wildman–Crippen LogP) is 4.20. The first-order valence-corrected chi connectivity index (χ1v) is 10.5. The number of rotatable bonds is 5. The Morgan fingerprint density at radius 3 is 2.38 bits per heavy atom. The molecule has 0 bridgehead atoms. The summed E-state index contributed by atoms with van der Waals surface area (Å²) >= 11 is 5.81. The van der Waals surface area contributed by atoms with Crippen LogP contribution in [0.1, 0.15) is 42.5 Å². The lowest BCUT2D eigenvalue weighted by Gasteiger charge is -2.22. The lowest BCUT2D eigenvalue weighted by Crippen LogP contribution is -2.36. The Bertz CT molecular complexity index is 876. The standard InChI is InChI=1S/C19H21ClN2O3S/c20-15-9-11-17(12-10-15)22-26(24,25)18-8-4-5-14(13-18)19(23)21-16-6-2-1-3-7-16/h4-5,8-13,16,22H,1-3,6-7H2,(H,21,23). The molecule has 0 saturated heterocycles. The van der Waals surface area contributed by atoms with Gasteiger partial charge in [0.2, 0.25) is 0 Å². The summed E-state index contributed by atoms with van der Waals surface area (Å²) < 4.78 is 27.6. The zero-order chi connectivity index (χ0) is 18.6. The van der Waals surface area contributed by atoms with E-state index in [0.717, 1.165) is 25.7 Å². The summed E-state index contributed by atoms with van der Waals surface area (Å²) in [5, 5.41) is 3.52. The molecule has 26 heavy (non-hydrogen) atoms. The van der Waals surface area contributed by atoms with Crippen molar-refractivity contribution in [3.05, 3.63) is 59.1 Å². The number of hydrogen-bond acceptors (Lipinski definition) is 3. The van der Waals surface area contributed by atoms with Crippen LogP contribution in [0.5, 0.6) is 0 Å². The van der Waals surface area contributed by atoms with Crippen molar-refractivity contribution in [2.45, 2.75) is 43.0 Å². The van der Waals surface area contributed by atoms with Crippen LogP contribution in [-0.2, 0) is 10.0 Å². The topological polar surface area (TPSA) is 75.3 Å². The van der Waals surface area contributed by atoms with Gasteiger partial charge in [-0.15, -0.1) is 0 Å². The van der Waals surface area contributed by atoms with Gasteiger partial charge in [-0.3, -0.25) is 9.52 Å². The molecule has 2 aromatic rings. The Hall–Kier alpha value is -2.05. The van der Waals surface area contributed by atoms with Gasteiger partial charge in [0, 0.05) is 22.3 Å². The van der Waals surface area contributed by atoms with Gasteiger partial charge in [-0.25, -0.2) is 8.42 Å². The lowest BCUT2D eigenvalue weighted by molar-refractivity contribution is 0.0927. The molecule has 2 aromatic carbocycles. The Labute approximate surface area is 158 Å². The van der Waals surface area contributed by atoms with Crippen LogP contribution in [0.2, 0.25) is 5.02 Å². The number of amides is 1. The molecular formula is C19H21ClN2O3S. The molecule has 0 radical (unpaired) electrons. The number of carbonyl (C=O) groups is 1. The second-order valence-corrected chi connectivity index (χ2v) is 8.57. The number of benzene rings is 2. The fourth-order valence-electron chi connectivity index (χ4n) is 3.05. The third kappa shape index (κ3) is 4.77. The molecule has 138 valence electrons. The molecule has 1 aliphatic rings. The average Bonchev–Trinajstić information content (AvgIpc) is 2.64. The zero-order valence-electron chi connectivity index (χ0n) is 14.2. The number of sulfonamides is 1. The van der Waals surface area contributed by atoms with Gasteiger partial charge in [0.05, 0.1) is 4.90 Å². The maximum atomic E-state index is 12.6. The number of nitrogens with one attached hydrogen (secondary N) is 2. The molecule has 3 rings (SSSR count). The maximum Gasteiger partial charge on any atom is 0.261 e. The highest BCUT2D eigenvalue weighted by Crippen LogP contribution is 2.20. The van der Waals surface area contributed by atoms with Crippen molar-refractivity contribution in [3.8, 4) is 0 Å². The molecule has 0 heterocycles. The smallest absolute Gasteiger partial charge is 0.261 e. The number of anilines is 1. The van der Waals surface area contributed by atoms with E-state index in [1.807, 2.05) is 0 Å². The minimum atomic E-state index is -3.79. The number of carbonyl (C=O) groups excluding carboxylic acids is 1. The van der Waals surface area contributed by atoms with Crippen molar-refractivity contribution in [2.24, 2.45) is 0 Å². The molecule has 2 N–H and O–H groups in total. The quantitative estimate of drug-likeness (QED) is 0.800. The first-order valence-electron chi connectivity index (χ1n) is 8.63.